The van der Waals surface area contributed by atoms with Crippen LogP contribution in [-0.2, 0) is 4.79 Å². The Bertz CT molecular complexity index is 841. The molecular formula is C18H15Cl3N2O2. The first kappa shape index (κ1) is 18.1. The van der Waals surface area contributed by atoms with Crippen LogP contribution in [0.5, 0.6) is 0 Å². The highest BCUT2D eigenvalue weighted by Gasteiger charge is 2.36. The third kappa shape index (κ3) is 3.47. The number of rotatable bonds is 2. The maximum absolute atomic E-state index is 12.8. The van der Waals surface area contributed by atoms with Gasteiger partial charge in [0.05, 0.1) is 20.8 Å². The van der Waals surface area contributed by atoms with Crippen molar-refractivity contribution in [2.75, 3.05) is 18.0 Å². The minimum absolute atomic E-state index is 0.173. The highest BCUT2D eigenvalue weighted by Crippen LogP contribution is 2.29. The van der Waals surface area contributed by atoms with Gasteiger partial charge in [-0.1, -0.05) is 46.9 Å². The molecule has 0 N–H and O–H groups in total. The van der Waals surface area contributed by atoms with E-state index >= 15 is 0 Å². The first-order valence-corrected chi connectivity index (χ1v) is 8.85. The monoisotopic (exact) mass is 396 g/mol. The molecule has 4 nitrogen and oxygen atoms in total. The average Bonchev–Trinajstić information content (AvgIpc) is 2.60. The van der Waals surface area contributed by atoms with Crippen LogP contribution in [0.15, 0.2) is 42.5 Å². The average molecular weight is 398 g/mol. The quantitative estimate of drug-likeness (QED) is 0.747. The summed E-state index contributed by atoms with van der Waals surface area (Å²) in [5.74, 6) is -0.425. The van der Waals surface area contributed by atoms with Crippen LogP contribution in [0.3, 0.4) is 0 Å². The van der Waals surface area contributed by atoms with Gasteiger partial charge in [0.25, 0.3) is 5.91 Å². The summed E-state index contributed by atoms with van der Waals surface area (Å²) in [6.45, 7) is 2.48. The Balaban J connectivity index is 1.83. The summed E-state index contributed by atoms with van der Waals surface area (Å²) in [7, 11) is 0. The topological polar surface area (TPSA) is 40.6 Å². The molecule has 2 amide bonds. The highest BCUT2D eigenvalue weighted by molar-refractivity contribution is 6.42. The van der Waals surface area contributed by atoms with E-state index < -0.39 is 6.04 Å². The van der Waals surface area contributed by atoms with Gasteiger partial charge in [-0.25, -0.2) is 0 Å². The van der Waals surface area contributed by atoms with Crippen molar-refractivity contribution in [3.05, 3.63) is 63.1 Å². The zero-order valence-electron chi connectivity index (χ0n) is 13.4. The van der Waals surface area contributed by atoms with E-state index in [-0.39, 0.29) is 11.8 Å². The van der Waals surface area contributed by atoms with E-state index in [0.29, 0.717) is 39.4 Å². The van der Waals surface area contributed by atoms with Crippen LogP contribution in [0.2, 0.25) is 15.1 Å². The van der Waals surface area contributed by atoms with E-state index in [2.05, 4.69) is 0 Å². The van der Waals surface area contributed by atoms with Gasteiger partial charge in [0.15, 0.2) is 0 Å². The highest BCUT2D eigenvalue weighted by atomic mass is 35.5. The zero-order valence-corrected chi connectivity index (χ0v) is 15.6. The lowest BCUT2D eigenvalue weighted by Gasteiger charge is -2.39. The van der Waals surface area contributed by atoms with Crippen LogP contribution in [-0.4, -0.2) is 35.8 Å². The molecule has 1 atom stereocenters. The van der Waals surface area contributed by atoms with Gasteiger partial charge in [0.1, 0.15) is 6.04 Å². The second kappa shape index (κ2) is 7.24. The summed E-state index contributed by atoms with van der Waals surface area (Å²) < 4.78 is 0. The first-order chi connectivity index (χ1) is 11.9. The number of hydrogen-bond donors (Lipinski definition) is 0. The summed E-state index contributed by atoms with van der Waals surface area (Å²) in [5, 5.41) is 1.19. The summed E-state index contributed by atoms with van der Waals surface area (Å²) in [6.07, 6.45) is 0. The number of anilines is 1. The number of carbonyl (C=O) groups excluding carboxylic acids is 2. The van der Waals surface area contributed by atoms with Crippen LogP contribution in [0.25, 0.3) is 0 Å². The second-order valence-corrected chi connectivity index (χ2v) is 6.97. The van der Waals surface area contributed by atoms with Crippen LogP contribution in [0.4, 0.5) is 5.69 Å². The summed E-state index contributed by atoms with van der Waals surface area (Å²) in [4.78, 5) is 28.7. The van der Waals surface area contributed by atoms with Crippen molar-refractivity contribution >= 4 is 52.3 Å². The Morgan fingerprint density at radius 2 is 1.72 bits per heavy atom. The third-order valence-corrected chi connectivity index (χ3v) is 5.28. The molecule has 25 heavy (non-hydrogen) atoms. The predicted molar refractivity (Wildman–Crippen MR) is 101 cm³/mol. The molecular weight excluding hydrogens is 383 g/mol. The van der Waals surface area contributed by atoms with E-state index in [1.165, 1.54) is 11.0 Å². The van der Waals surface area contributed by atoms with Gasteiger partial charge in [-0.2, -0.15) is 0 Å². The zero-order chi connectivity index (χ0) is 18.1. The molecule has 2 aromatic rings. The van der Waals surface area contributed by atoms with Crippen LogP contribution in [0, 0.1) is 0 Å². The van der Waals surface area contributed by atoms with Crippen molar-refractivity contribution in [2.45, 2.75) is 13.0 Å². The number of hydrogen-bond acceptors (Lipinski definition) is 2. The molecule has 1 fully saturated rings. The van der Waals surface area contributed by atoms with Crippen LogP contribution < -0.4 is 4.90 Å². The van der Waals surface area contributed by atoms with Gasteiger partial charge >= 0.3 is 0 Å². The normalized spacial score (nSPS) is 17.8. The number of piperazine rings is 1. The largest absolute Gasteiger partial charge is 0.325 e. The van der Waals surface area contributed by atoms with Crippen molar-refractivity contribution in [3.63, 3.8) is 0 Å². The Morgan fingerprint density at radius 3 is 2.40 bits per heavy atom. The molecule has 1 aliphatic heterocycles. The van der Waals surface area contributed by atoms with Gasteiger partial charge < -0.3 is 9.80 Å². The molecule has 1 heterocycles. The van der Waals surface area contributed by atoms with Gasteiger partial charge in [-0.05, 0) is 37.3 Å². The first-order valence-electron chi connectivity index (χ1n) is 7.72. The fraction of sp³-hybridized carbons (Fsp3) is 0.222. The molecule has 1 saturated heterocycles. The summed E-state index contributed by atoms with van der Waals surface area (Å²) in [5.41, 5.74) is 1.06. The van der Waals surface area contributed by atoms with Crippen LogP contribution >= 0.6 is 34.8 Å². The van der Waals surface area contributed by atoms with Gasteiger partial charge in [-0.3, -0.25) is 9.59 Å². The second-order valence-electron chi connectivity index (χ2n) is 5.74. The molecule has 7 heteroatoms. The van der Waals surface area contributed by atoms with Crippen molar-refractivity contribution in [1.29, 1.82) is 0 Å². The third-order valence-electron chi connectivity index (χ3n) is 4.23. The van der Waals surface area contributed by atoms with Crippen molar-refractivity contribution in [3.8, 4) is 0 Å². The predicted octanol–water partition coefficient (Wildman–Crippen LogP) is 4.52. The lowest BCUT2D eigenvalue weighted by molar-refractivity contribution is -0.124. The summed E-state index contributed by atoms with van der Waals surface area (Å²) in [6, 6.07) is 11.3. The molecule has 0 bridgehead atoms. The van der Waals surface area contributed by atoms with Crippen molar-refractivity contribution in [1.82, 2.24) is 4.90 Å². The van der Waals surface area contributed by atoms with Crippen molar-refractivity contribution < 1.29 is 9.59 Å². The minimum Gasteiger partial charge on any atom is -0.325 e. The molecule has 2 aromatic carbocycles. The molecule has 0 radical (unpaired) electrons. The molecule has 3 rings (SSSR count). The lowest BCUT2D eigenvalue weighted by atomic mass is 10.1. The standard InChI is InChI=1S/C18H15Cl3N2O2/c1-11-17(24)23(16-5-3-2-4-14(16)20)9-8-22(11)18(25)12-6-7-13(19)15(21)10-12/h2-7,10-11H,8-9H2,1H3/t11-/m1/s1. The van der Waals surface area contributed by atoms with E-state index in [9.17, 15) is 9.59 Å². The summed E-state index contributed by atoms with van der Waals surface area (Å²) >= 11 is 18.1. The Labute approximate surface area is 160 Å². The Kier molecular flexibility index (Phi) is 5.23. The molecule has 0 unspecified atom stereocenters. The maximum atomic E-state index is 12.8. The fourth-order valence-corrected chi connectivity index (χ4v) is 3.39. The molecule has 0 aromatic heterocycles. The molecule has 0 spiro atoms. The fourth-order valence-electron chi connectivity index (χ4n) is 2.85. The smallest absolute Gasteiger partial charge is 0.254 e. The van der Waals surface area contributed by atoms with E-state index in [0.717, 1.165) is 0 Å². The number of amides is 2. The number of carbonyl (C=O) groups is 2. The van der Waals surface area contributed by atoms with E-state index in [1.807, 2.05) is 12.1 Å². The molecule has 0 saturated carbocycles. The SMILES string of the molecule is C[C@@H]1C(=O)N(c2ccccc2Cl)CCN1C(=O)c1ccc(Cl)c(Cl)c1. The molecule has 130 valence electrons. The minimum atomic E-state index is -0.605. The molecule has 1 aliphatic rings. The number of benzene rings is 2. The Morgan fingerprint density at radius 1 is 1.00 bits per heavy atom. The Hall–Kier alpha value is -1.75. The number of nitrogens with zero attached hydrogens (tertiary/aromatic N) is 2. The van der Waals surface area contributed by atoms with E-state index in [4.69, 9.17) is 34.8 Å². The van der Waals surface area contributed by atoms with Gasteiger partial charge in [-0.15, -0.1) is 0 Å². The maximum Gasteiger partial charge on any atom is 0.254 e. The molecule has 0 aliphatic carbocycles. The number of para-hydroxylation sites is 1. The van der Waals surface area contributed by atoms with Crippen LogP contribution in [0.1, 0.15) is 17.3 Å². The number of halogens is 3. The van der Waals surface area contributed by atoms with E-state index in [1.54, 1.807) is 36.1 Å². The lowest BCUT2D eigenvalue weighted by Crippen LogP contribution is -2.57. The van der Waals surface area contributed by atoms with Gasteiger partial charge in [0.2, 0.25) is 5.91 Å². The van der Waals surface area contributed by atoms with Gasteiger partial charge in [0, 0.05) is 18.7 Å². The van der Waals surface area contributed by atoms with Crippen molar-refractivity contribution in [2.24, 2.45) is 0 Å².